The summed E-state index contributed by atoms with van der Waals surface area (Å²) in [6.45, 7) is 2.29. The molecule has 3 rings (SSSR count). The Hall–Kier alpha value is -3.61. The number of hydrogen-bond acceptors (Lipinski definition) is 4. The average Bonchev–Trinajstić information content (AvgIpc) is 3.07. The predicted octanol–water partition coefficient (Wildman–Crippen LogP) is 2.66. The first-order chi connectivity index (χ1) is 12.7. The minimum Gasteiger partial charge on any atom is -0.492 e. The lowest BCUT2D eigenvalue weighted by atomic mass is 10.2. The van der Waals surface area contributed by atoms with Gasteiger partial charge >= 0.3 is 11.8 Å². The highest BCUT2D eigenvalue weighted by atomic mass is 16.5. The zero-order chi connectivity index (χ0) is 18.4. The molecule has 0 atom stereocenters. The Balaban J connectivity index is 1.62. The van der Waals surface area contributed by atoms with Crippen LogP contribution in [-0.4, -0.2) is 29.6 Å². The number of benzene rings is 2. The van der Waals surface area contributed by atoms with E-state index in [4.69, 9.17) is 4.74 Å². The molecule has 2 amide bonds. The Morgan fingerprint density at radius 1 is 1.12 bits per heavy atom. The van der Waals surface area contributed by atoms with Gasteiger partial charge in [0.05, 0.1) is 18.5 Å². The van der Waals surface area contributed by atoms with E-state index >= 15 is 0 Å². The second-order valence-electron chi connectivity index (χ2n) is 5.37. The number of carbonyl (C=O) groups is 2. The molecule has 0 unspecified atom stereocenters. The number of fused-ring (bicyclic) bond motifs is 1. The molecule has 7 nitrogen and oxygen atoms in total. The molecule has 0 aliphatic rings. The van der Waals surface area contributed by atoms with Gasteiger partial charge in [0.15, 0.2) is 0 Å². The fourth-order valence-electron chi connectivity index (χ4n) is 2.44. The van der Waals surface area contributed by atoms with Crippen LogP contribution in [-0.2, 0) is 9.59 Å². The second kappa shape index (κ2) is 7.98. The number of hydrogen-bond donors (Lipinski definition) is 3. The number of rotatable bonds is 5. The molecule has 0 bridgehead atoms. The van der Waals surface area contributed by atoms with Gasteiger partial charge in [-0.1, -0.05) is 30.3 Å². The zero-order valence-electron chi connectivity index (χ0n) is 14.2. The SMILES string of the molecule is CCOc1ccccc1NC(=O)C(=O)N/N=C/c1c[nH]c2ccccc12. The third-order valence-corrected chi connectivity index (χ3v) is 3.63. The maximum Gasteiger partial charge on any atom is 0.329 e. The van der Waals surface area contributed by atoms with Gasteiger partial charge in [0, 0.05) is 22.7 Å². The first kappa shape index (κ1) is 17.2. The summed E-state index contributed by atoms with van der Waals surface area (Å²) in [5, 5.41) is 7.33. The number of carbonyl (C=O) groups excluding carboxylic acids is 2. The Morgan fingerprint density at radius 2 is 1.88 bits per heavy atom. The van der Waals surface area contributed by atoms with Crippen molar-refractivity contribution in [2.75, 3.05) is 11.9 Å². The topological polar surface area (TPSA) is 95.6 Å². The molecule has 0 spiro atoms. The van der Waals surface area contributed by atoms with Crippen molar-refractivity contribution < 1.29 is 14.3 Å². The number of aromatic amines is 1. The highest BCUT2D eigenvalue weighted by molar-refractivity contribution is 6.39. The van der Waals surface area contributed by atoms with E-state index in [1.165, 1.54) is 6.21 Å². The summed E-state index contributed by atoms with van der Waals surface area (Å²) < 4.78 is 5.41. The Kier molecular flexibility index (Phi) is 5.28. The molecule has 2 aromatic carbocycles. The van der Waals surface area contributed by atoms with Crippen LogP contribution >= 0.6 is 0 Å². The van der Waals surface area contributed by atoms with Crippen LogP contribution < -0.4 is 15.5 Å². The van der Waals surface area contributed by atoms with Crippen molar-refractivity contribution in [3.63, 3.8) is 0 Å². The fourth-order valence-corrected chi connectivity index (χ4v) is 2.44. The molecule has 3 N–H and O–H groups in total. The molecule has 7 heteroatoms. The highest BCUT2D eigenvalue weighted by Gasteiger charge is 2.15. The smallest absolute Gasteiger partial charge is 0.329 e. The standard InChI is InChI=1S/C19H18N4O3/c1-2-26-17-10-6-5-9-16(17)22-18(24)19(25)23-21-12-13-11-20-15-8-4-3-7-14(13)15/h3-12,20H,2H2,1H3,(H,22,24)(H,23,25)/b21-12+. The maximum atomic E-state index is 12.0. The summed E-state index contributed by atoms with van der Waals surface area (Å²) in [6, 6.07) is 14.6. The summed E-state index contributed by atoms with van der Waals surface area (Å²) in [4.78, 5) is 27.0. The number of para-hydroxylation sites is 3. The normalized spacial score (nSPS) is 10.8. The van der Waals surface area contributed by atoms with Crippen molar-refractivity contribution in [2.45, 2.75) is 6.92 Å². The van der Waals surface area contributed by atoms with Crippen LogP contribution in [0.25, 0.3) is 10.9 Å². The largest absolute Gasteiger partial charge is 0.492 e. The number of hydrazone groups is 1. The minimum absolute atomic E-state index is 0.426. The van der Waals surface area contributed by atoms with Gasteiger partial charge < -0.3 is 15.0 Å². The van der Waals surface area contributed by atoms with E-state index in [1.54, 1.807) is 30.5 Å². The summed E-state index contributed by atoms with van der Waals surface area (Å²) in [5.41, 5.74) is 4.42. The van der Waals surface area contributed by atoms with E-state index < -0.39 is 11.8 Å². The number of anilines is 1. The fraction of sp³-hybridized carbons (Fsp3) is 0.105. The molecule has 0 aliphatic heterocycles. The van der Waals surface area contributed by atoms with Crippen molar-refractivity contribution in [1.29, 1.82) is 0 Å². The van der Waals surface area contributed by atoms with Gasteiger partial charge in [-0.2, -0.15) is 5.10 Å². The first-order valence-corrected chi connectivity index (χ1v) is 8.11. The molecule has 1 aromatic heterocycles. The van der Waals surface area contributed by atoms with Crippen LogP contribution in [0.3, 0.4) is 0 Å². The van der Waals surface area contributed by atoms with E-state index in [9.17, 15) is 9.59 Å². The lowest BCUT2D eigenvalue weighted by molar-refractivity contribution is -0.136. The monoisotopic (exact) mass is 350 g/mol. The van der Waals surface area contributed by atoms with Crippen molar-refractivity contribution in [1.82, 2.24) is 10.4 Å². The summed E-state index contributed by atoms with van der Waals surface area (Å²) in [6.07, 6.45) is 3.26. The van der Waals surface area contributed by atoms with E-state index in [0.29, 0.717) is 18.0 Å². The van der Waals surface area contributed by atoms with Gasteiger partial charge in [0.1, 0.15) is 5.75 Å². The highest BCUT2D eigenvalue weighted by Crippen LogP contribution is 2.23. The summed E-state index contributed by atoms with van der Waals surface area (Å²) in [7, 11) is 0. The predicted molar refractivity (Wildman–Crippen MR) is 100 cm³/mol. The summed E-state index contributed by atoms with van der Waals surface area (Å²) in [5.74, 6) is -1.20. The number of amides is 2. The number of aromatic nitrogens is 1. The van der Waals surface area contributed by atoms with E-state index in [-0.39, 0.29) is 0 Å². The zero-order valence-corrected chi connectivity index (χ0v) is 14.2. The first-order valence-electron chi connectivity index (χ1n) is 8.11. The minimum atomic E-state index is -0.868. The lowest BCUT2D eigenvalue weighted by Gasteiger charge is -2.10. The van der Waals surface area contributed by atoms with Gasteiger partial charge in [-0.15, -0.1) is 0 Å². The average molecular weight is 350 g/mol. The van der Waals surface area contributed by atoms with Crippen LogP contribution in [0.1, 0.15) is 12.5 Å². The molecule has 3 aromatic rings. The number of nitrogens with one attached hydrogen (secondary N) is 3. The van der Waals surface area contributed by atoms with Crippen molar-refractivity contribution in [3.05, 3.63) is 60.3 Å². The molecule has 132 valence electrons. The van der Waals surface area contributed by atoms with E-state index in [2.05, 4.69) is 20.8 Å². The Labute approximate surface area is 150 Å². The number of ether oxygens (including phenoxy) is 1. The molecular formula is C19H18N4O3. The van der Waals surface area contributed by atoms with Gasteiger partial charge in [-0.05, 0) is 25.1 Å². The van der Waals surface area contributed by atoms with Gasteiger partial charge in [0.25, 0.3) is 0 Å². The van der Waals surface area contributed by atoms with Gasteiger partial charge in [-0.3, -0.25) is 9.59 Å². The molecule has 0 aliphatic carbocycles. The van der Waals surface area contributed by atoms with E-state index in [1.807, 2.05) is 31.2 Å². The number of H-pyrrole nitrogens is 1. The van der Waals surface area contributed by atoms with Crippen molar-refractivity contribution >= 4 is 34.6 Å². The van der Waals surface area contributed by atoms with Crippen LogP contribution in [0.4, 0.5) is 5.69 Å². The third kappa shape index (κ3) is 3.89. The maximum absolute atomic E-state index is 12.0. The lowest BCUT2D eigenvalue weighted by Crippen LogP contribution is -2.32. The molecule has 0 saturated carbocycles. The Bertz CT molecular complexity index is 962. The molecule has 0 radical (unpaired) electrons. The molecule has 0 saturated heterocycles. The second-order valence-corrected chi connectivity index (χ2v) is 5.37. The Morgan fingerprint density at radius 3 is 2.73 bits per heavy atom. The molecule has 1 heterocycles. The third-order valence-electron chi connectivity index (χ3n) is 3.63. The van der Waals surface area contributed by atoms with Gasteiger partial charge in [0.2, 0.25) is 0 Å². The van der Waals surface area contributed by atoms with E-state index in [0.717, 1.165) is 16.5 Å². The van der Waals surface area contributed by atoms with Crippen LogP contribution in [0.2, 0.25) is 0 Å². The van der Waals surface area contributed by atoms with Crippen LogP contribution in [0.15, 0.2) is 59.8 Å². The molecule has 0 fully saturated rings. The van der Waals surface area contributed by atoms with Crippen molar-refractivity contribution in [2.24, 2.45) is 5.10 Å². The van der Waals surface area contributed by atoms with Crippen LogP contribution in [0, 0.1) is 0 Å². The van der Waals surface area contributed by atoms with Crippen LogP contribution in [0.5, 0.6) is 5.75 Å². The van der Waals surface area contributed by atoms with Gasteiger partial charge in [-0.25, -0.2) is 5.43 Å². The molecular weight excluding hydrogens is 332 g/mol. The quantitative estimate of drug-likeness (QED) is 0.375. The number of nitrogens with zero attached hydrogens (tertiary/aromatic N) is 1. The summed E-state index contributed by atoms with van der Waals surface area (Å²) >= 11 is 0. The van der Waals surface area contributed by atoms with Crippen molar-refractivity contribution in [3.8, 4) is 5.75 Å². The molecule has 26 heavy (non-hydrogen) atoms.